The van der Waals surface area contributed by atoms with Crippen molar-refractivity contribution >= 4 is 17.9 Å². The zero-order valence-electron chi connectivity index (χ0n) is 54.6. The predicted octanol–water partition coefficient (Wildman–Crippen LogP) is 21.2. The van der Waals surface area contributed by atoms with Crippen LogP contribution in [0.15, 0.2) is 97.2 Å². The molecule has 2 unspecified atom stereocenters. The largest absolute Gasteiger partial charge is 0.477 e. The average molecular weight is 1160 g/mol. The van der Waals surface area contributed by atoms with E-state index < -0.39 is 24.3 Å². The molecule has 0 amide bonds. The van der Waals surface area contributed by atoms with Gasteiger partial charge in [0.05, 0.1) is 34.4 Å². The third-order valence-corrected chi connectivity index (χ3v) is 14.9. The summed E-state index contributed by atoms with van der Waals surface area (Å²) in [4.78, 5) is 37.6. The fourth-order valence-corrected chi connectivity index (χ4v) is 9.62. The molecule has 0 fully saturated rings. The van der Waals surface area contributed by atoms with E-state index in [0.29, 0.717) is 23.9 Å². The second-order valence-electron chi connectivity index (χ2n) is 24.1. The SMILES string of the molecule is CC/C=C\C/C=C\C/C=C\C/C=C\C/C=C\C/C=C\C/C=C\C/C=C\CCCCC(=O)OC(COC(=O)CCCCCCCCCCCCCCCCCCCCCCCCCCCCCCCCC)COC(OCC[N+](C)(C)C)C(=O)O. The normalized spacial score (nSPS) is 13.3. The maximum atomic E-state index is 12.9. The van der Waals surface area contributed by atoms with Crippen molar-refractivity contribution in [2.45, 2.75) is 309 Å². The van der Waals surface area contributed by atoms with Crippen molar-refractivity contribution in [1.29, 1.82) is 0 Å². The van der Waals surface area contributed by atoms with Crippen molar-refractivity contribution < 1.29 is 42.9 Å². The van der Waals surface area contributed by atoms with Gasteiger partial charge in [-0.1, -0.05) is 304 Å². The number of rotatable bonds is 63. The second kappa shape index (κ2) is 64.2. The number of hydrogen-bond acceptors (Lipinski definition) is 7. The summed E-state index contributed by atoms with van der Waals surface area (Å²) in [5.74, 6) is -2.06. The molecule has 9 nitrogen and oxygen atoms in total. The summed E-state index contributed by atoms with van der Waals surface area (Å²) in [7, 11) is 5.96. The predicted molar refractivity (Wildman–Crippen MR) is 355 cm³/mol. The number of carbonyl (C=O) groups excluding carboxylic acids is 2. The first-order valence-electron chi connectivity index (χ1n) is 34.4. The number of hydrogen-bond donors (Lipinski definition) is 1. The molecular formula is C74H130NO8+. The van der Waals surface area contributed by atoms with Crippen LogP contribution in [0.1, 0.15) is 296 Å². The van der Waals surface area contributed by atoms with E-state index >= 15 is 0 Å². The van der Waals surface area contributed by atoms with Gasteiger partial charge in [-0.2, -0.15) is 0 Å². The minimum Gasteiger partial charge on any atom is -0.477 e. The van der Waals surface area contributed by atoms with Crippen LogP contribution in [0.2, 0.25) is 0 Å². The minimum atomic E-state index is -1.53. The Hall–Kier alpha value is -3.79. The molecule has 0 aromatic rings. The Morgan fingerprint density at radius 2 is 0.687 bits per heavy atom. The Labute approximate surface area is 512 Å². The first kappa shape index (κ1) is 79.2. The zero-order valence-corrected chi connectivity index (χ0v) is 54.6. The lowest BCUT2D eigenvalue weighted by atomic mass is 10.0. The molecule has 0 spiro atoms. The highest BCUT2D eigenvalue weighted by Gasteiger charge is 2.25. The quantitative estimate of drug-likeness (QED) is 0.0211. The summed E-state index contributed by atoms with van der Waals surface area (Å²) in [6.07, 6.45) is 85.3. The van der Waals surface area contributed by atoms with E-state index in [1.165, 1.54) is 180 Å². The fourth-order valence-electron chi connectivity index (χ4n) is 9.62. The molecule has 0 bridgehead atoms. The number of aliphatic carboxylic acids is 1. The number of allylic oxidation sites excluding steroid dienone is 16. The Morgan fingerprint density at radius 3 is 1.02 bits per heavy atom. The number of carbonyl (C=O) groups is 3. The van der Waals surface area contributed by atoms with E-state index in [1.807, 2.05) is 21.1 Å². The highest BCUT2D eigenvalue weighted by molar-refractivity contribution is 5.71. The van der Waals surface area contributed by atoms with Crippen LogP contribution in [0.4, 0.5) is 0 Å². The molecule has 0 heterocycles. The number of unbranched alkanes of at least 4 members (excludes halogenated alkanes) is 32. The molecule has 0 saturated heterocycles. The van der Waals surface area contributed by atoms with Gasteiger partial charge in [-0.05, 0) is 77.0 Å². The number of quaternary nitrogens is 1. The van der Waals surface area contributed by atoms with Crippen LogP contribution < -0.4 is 0 Å². The van der Waals surface area contributed by atoms with E-state index in [0.717, 1.165) is 83.5 Å². The molecule has 0 aliphatic rings. The van der Waals surface area contributed by atoms with E-state index in [2.05, 4.69) is 111 Å². The molecule has 0 rings (SSSR count). The van der Waals surface area contributed by atoms with Gasteiger partial charge in [0.25, 0.3) is 6.29 Å². The van der Waals surface area contributed by atoms with Gasteiger partial charge < -0.3 is 28.5 Å². The summed E-state index contributed by atoms with van der Waals surface area (Å²) in [5.41, 5.74) is 0. The van der Waals surface area contributed by atoms with Crippen LogP contribution >= 0.6 is 0 Å². The lowest BCUT2D eigenvalue weighted by Gasteiger charge is -2.25. The molecule has 0 aliphatic carbocycles. The number of ether oxygens (including phenoxy) is 4. The molecule has 0 aromatic heterocycles. The van der Waals surface area contributed by atoms with E-state index in [1.54, 1.807) is 0 Å². The molecule has 2 atom stereocenters. The van der Waals surface area contributed by atoms with Gasteiger partial charge in [-0.25, -0.2) is 4.79 Å². The van der Waals surface area contributed by atoms with Crippen LogP contribution in [-0.4, -0.2) is 87.4 Å². The van der Waals surface area contributed by atoms with Gasteiger partial charge in [-0.3, -0.25) is 9.59 Å². The molecule has 0 radical (unpaired) electrons. The molecular weight excluding hydrogens is 1030 g/mol. The average Bonchev–Trinajstić information content (AvgIpc) is 3.46. The summed E-state index contributed by atoms with van der Waals surface area (Å²) in [5, 5.41) is 9.74. The Kier molecular flexibility index (Phi) is 61.3. The van der Waals surface area contributed by atoms with Crippen molar-refractivity contribution in [2.24, 2.45) is 0 Å². The van der Waals surface area contributed by atoms with Gasteiger partial charge in [0, 0.05) is 12.8 Å². The van der Waals surface area contributed by atoms with Gasteiger partial charge in [0.15, 0.2) is 6.10 Å². The third kappa shape index (κ3) is 65.6. The highest BCUT2D eigenvalue weighted by Crippen LogP contribution is 2.18. The zero-order chi connectivity index (χ0) is 60.5. The summed E-state index contributed by atoms with van der Waals surface area (Å²) < 4.78 is 22.9. The second-order valence-corrected chi connectivity index (χ2v) is 24.1. The molecule has 0 aliphatic heterocycles. The molecule has 0 aromatic carbocycles. The Morgan fingerprint density at radius 1 is 0.373 bits per heavy atom. The van der Waals surface area contributed by atoms with Gasteiger partial charge in [0.1, 0.15) is 13.2 Å². The number of nitrogens with zero attached hydrogens (tertiary/aromatic N) is 1. The summed E-state index contributed by atoms with van der Waals surface area (Å²) >= 11 is 0. The van der Waals surface area contributed by atoms with E-state index in [4.69, 9.17) is 18.9 Å². The topological polar surface area (TPSA) is 108 Å². The lowest BCUT2D eigenvalue weighted by molar-refractivity contribution is -0.870. The van der Waals surface area contributed by atoms with Gasteiger partial charge >= 0.3 is 17.9 Å². The summed E-state index contributed by atoms with van der Waals surface area (Å²) in [6, 6.07) is 0. The Balaban J connectivity index is 4.19. The molecule has 478 valence electrons. The number of carboxylic acid groups (broad SMARTS) is 1. The molecule has 83 heavy (non-hydrogen) atoms. The van der Waals surface area contributed by atoms with Gasteiger partial charge in [0.2, 0.25) is 0 Å². The smallest absolute Gasteiger partial charge is 0.361 e. The van der Waals surface area contributed by atoms with Crippen LogP contribution in [0.3, 0.4) is 0 Å². The van der Waals surface area contributed by atoms with Crippen molar-refractivity contribution in [3.8, 4) is 0 Å². The standard InChI is InChI=1S/C74H129NO8/c1-6-8-10-12-14-16-18-20-22-24-26-28-30-32-34-35-36-37-39-40-42-44-46-48-50-52-54-56-58-60-62-64-71(76)81-68-70(69-82-74(73(78)79)80-67-66-75(3,4)5)83-72(77)65-63-61-59-57-55-53-51-49-47-45-43-41-38-33-31-29-27-25-23-21-19-17-15-13-11-9-7-2/h9,11,15,17,21,23,27,29,33,38,43,45,49,51,55,57,70,74H,6-8,10,12-14,16,18-20,22,24-26,28,30-32,34-37,39-42,44,46-48,50,52-54,56,58-69H2,1-5H3/p+1/b11-9-,17-15-,23-21-,29-27-,38-33-,45-43-,51-49-,57-55-. The molecule has 9 heteroatoms. The van der Waals surface area contributed by atoms with E-state index in [9.17, 15) is 19.5 Å². The first-order chi connectivity index (χ1) is 40.6. The van der Waals surface area contributed by atoms with Crippen molar-refractivity contribution in [1.82, 2.24) is 0 Å². The minimum absolute atomic E-state index is 0.175. The van der Waals surface area contributed by atoms with Crippen LogP contribution in [0, 0.1) is 0 Å². The van der Waals surface area contributed by atoms with Crippen LogP contribution in [-0.2, 0) is 33.3 Å². The van der Waals surface area contributed by atoms with Crippen molar-refractivity contribution in [2.75, 3.05) is 47.5 Å². The monoisotopic (exact) mass is 1160 g/mol. The Bertz CT molecular complexity index is 1680. The maximum absolute atomic E-state index is 12.9. The first-order valence-corrected chi connectivity index (χ1v) is 34.4. The molecule has 0 saturated carbocycles. The highest BCUT2D eigenvalue weighted by atomic mass is 16.7. The number of esters is 2. The van der Waals surface area contributed by atoms with Crippen LogP contribution in [0.5, 0.6) is 0 Å². The lowest BCUT2D eigenvalue weighted by Crippen LogP contribution is -2.40. The van der Waals surface area contributed by atoms with E-state index in [-0.39, 0.29) is 32.2 Å². The summed E-state index contributed by atoms with van der Waals surface area (Å²) in [6.45, 7) is 4.74. The van der Waals surface area contributed by atoms with Crippen LogP contribution in [0.25, 0.3) is 0 Å². The van der Waals surface area contributed by atoms with Gasteiger partial charge in [-0.15, -0.1) is 0 Å². The van der Waals surface area contributed by atoms with Crippen molar-refractivity contribution in [3.63, 3.8) is 0 Å². The number of likely N-dealkylation sites (N-methyl/N-ethyl adjacent to an activating group) is 1. The maximum Gasteiger partial charge on any atom is 0.361 e. The number of carboxylic acids is 1. The third-order valence-electron chi connectivity index (χ3n) is 14.9. The van der Waals surface area contributed by atoms with Crippen molar-refractivity contribution in [3.05, 3.63) is 97.2 Å². The fraction of sp³-hybridized carbons (Fsp3) is 0.743. The molecule has 1 N–H and O–H groups in total.